The zero-order chi connectivity index (χ0) is 11.8. The van der Waals surface area contributed by atoms with Crippen molar-refractivity contribution in [3.8, 4) is 10.4 Å². The quantitative estimate of drug-likeness (QED) is 0.460. The highest BCUT2D eigenvalue weighted by atomic mass is 127. The molecule has 2 heterocycles. The Morgan fingerprint density at radius 2 is 1.88 bits per heavy atom. The second-order valence-electron chi connectivity index (χ2n) is 3.50. The minimum Gasteiger partial charge on any atom is -0.235 e. The summed E-state index contributed by atoms with van der Waals surface area (Å²) in [7, 11) is 0. The number of nitrogens with zero attached hydrogens (tertiary/aromatic N) is 2. The molecule has 0 aliphatic carbocycles. The first-order valence-electron chi connectivity index (χ1n) is 4.90. The van der Waals surface area contributed by atoms with E-state index >= 15 is 0 Å². The van der Waals surface area contributed by atoms with Crippen LogP contribution in [0.3, 0.4) is 0 Å². The van der Waals surface area contributed by atoms with Crippen LogP contribution in [0.2, 0.25) is 5.15 Å². The lowest BCUT2D eigenvalue weighted by Crippen LogP contribution is -1.76. The van der Waals surface area contributed by atoms with Crippen molar-refractivity contribution in [3.63, 3.8) is 0 Å². The van der Waals surface area contributed by atoms with Gasteiger partial charge in [0, 0.05) is 8.45 Å². The maximum Gasteiger partial charge on any atom is 0.150 e. The van der Waals surface area contributed by atoms with Crippen molar-refractivity contribution in [2.24, 2.45) is 0 Å². The molecule has 0 saturated heterocycles. The number of benzene rings is 1. The molecule has 84 valence electrons. The van der Waals surface area contributed by atoms with Crippen LogP contribution in [0.25, 0.3) is 20.7 Å². The van der Waals surface area contributed by atoms with Crippen molar-refractivity contribution >= 4 is 55.7 Å². The van der Waals surface area contributed by atoms with E-state index < -0.39 is 0 Å². The normalized spacial score (nSPS) is 10.9. The summed E-state index contributed by atoms with van der Waals surface area (Å²) in [6.45, 7) is 0. The van der Waals surface area contributed by atoms with Gasteiger partial charge in [0.15, 0.2) is 0 Å². The van der Waals surface area contributed by atoms with E-state index in [4.69, 9.17) is 11.6 Å². The molecule has 2 nitrogen and oxygen atoms in total. The van der Waals surface area contributed by atoms with E-state index in [0.29, 0.717) is 5.15 Å². The van der Waals surface area contributed by atoms with Crippen LogP contribution in [0.15, 0.2) is 36.7 Å². The Morgan fingerprint density at radius 1 is 1.12 bits per heavy atom. The Labute approximate surface area is 121 Å². The van der Waals surface area contributed by atoms with Gasteiger partial charge in [-0.1, -0.05) is 23.7 Å². The van der Waals surface area contributed by atoms with Crippen molar-refractivity contribution < 1.29 is 0 Å². The van der Waals surface area contributed by atoms with Crippen LogP contribution in [0.4, 0.5) is 0 Å². The van der Waals surface area contributed by atoms with Crippen LogP contribution < -0.4 is 0 Å². The Hall–Kier alpha value is -0.720. The smallest absolute Gasteiger partial charge is 0.150 e. The molecule has 0 fully saturated rings. The molecule has 0 unspecified atom stereocenters. The molecule has 0 amide bonds. The van der Waals surface area contributed by atoms with Crippen LogP contribution in [0.1, 0.15) is 0 Å². The van der Waals surface area contributed by atoms with Gasteiger partial charge in [0.1, 0.15) is 11.5 Å². The lowest BCUT2D eigenvalue weighted by Gasteiger charge is -1.96. The molecule has 0 aliphatic heterocycles. The van der Waals surface area contributed by atoms with Gasteiger partial charge in [0.05, 0.1) is 10.2 Å². The highest BCUT2D eigenvalue weighted by molar-refractivity contribution is 14.1. The fourth-order valence-corrected chi connectivity index (χ4v) is 3.20. The highest BCUT2D eigenvalue weighted by Crippen LogP contribution is 2.35. The first-order chi connectivity index (χ1) is 8.24. The number of rotatable bonds is 1. The molecule has 0 N–H and O–H groups in total. The van der Waals surface area contributed by atoms with E-state index in [1.807, 2.05) is 0 Å². The van der Waals surface area contributed by atoms with Crippen molar-refractivity contribution in [1.29, 1.82) is 0 Å². The molecule has 0 atom stereocenters. The molecule has 0 spiro atoms. The summed E-state index contributed by atoms with van der Waals surface area (Å²) in [5.41, 5.74) is 2.09. The molecule has 17 heavy (non-hydrogen) atoms. The van der Waals surface area contributed by atoms with Gasteiger partial charge in [-0.3, -0.25) is 0 Å². The van der Waals surface area contributed by atoms with E-state index in [2.05, 4.69) is 62.9 Å². The summed E-state index contributed by atoms with van der Waals surface area (Å²) < 4.78 is 2.17. The van der Waals surface area contributed by atoms with Crippen LogP contribution in [0, 0.1) is 3.57 Å². The molecule has 2 aromatic heterocycles. The molecule has 3 aromatic rings. The molecule has 5 heteroatoms. The predicted octanol–water partition coefficient (Wildman–Crippen LogP) is 4.62. The molecule has 1 aromatic carbocycles. The third kappa shape index (κ3) is 2.17. The Bertz CT molecular complexity index is 679. The highest BCUT2D eigenvalue weighted by Gasteiger charge is 2.08. The van der Waals surface area contributed by atoms with E-state index in [1.165, 1.54) is 20.3 Å². The van der Waals surface area contributed by atoms with Gasteiger partial charge in [-0.2, -0.15) is 0 Å². The second kappa shape index (κ2) is 4.51. The van der Waals surface area contributed by atoms with Crippen molar-refractivity contribution in [1.82, 2.24) is 9.97 Å². The van der Waals surface area contributed by atoms with E-state index in [1.54, 1.807) is 11.3 Å². The van der Waals surface area contributed by atoms with Crippen molar-refractivity contribution in [3.05, 3.63) is 45.4 Å². The number of aromatic nitrogens is 2. The molecule has 0 radical (unpaired) electrons. The zero-order valence-electron chi connectivity index (χ0n) is 8.52. The topological polar surface area (TPSA) is 25.8 Å². The lowest BCUT2D eigenvalue weighted by atomic mass is 10.2. The predicted molar refractivity (Wildman–Crippen MR) is 80.6 cm³/mol. The van der Waals surface area contributed by atoms with E-state index in [0.717, 1.165) is 10.2 Å². The van der Waals surface area contributed by atoms with Crippen LogP contribution in [-0.4, -0.2) is 9.97 Å². The molecule has 0 aliphatic rings. The average molecular weight is 373 g/mol. The lowest BCUT2D eigenvalue weighted by molar-refractivity contribution is 1.23. The Balaban J connectivity index is 2.18. The van der Waals surface area contributed by atoms with Gasteiger partial charge >= 0.3 is 0 Å². The maximum atomic E-state index is 6.04. The monoisotopic (exact) mass is 372 g/mol. The molecule has 0 bridgehead atoms. The summed E-state index contributed by atoms with van der Waals surface area (Å²) in [6.07, 6.45) is 1.50. The van der Waals surface area contributed by atoms with Crippen LogP contribution >= 0.6 is 45.5 Å². The molecule has 3 rings (SSSR count). The minimum absolute atomic E-state index is 0.525. The van der Waals surface area contributed by atoms with E-state index in [9.17, 15) is 0 Å². The largest absolute Gasteiger partial charge is 0.235 e. The first kappa shape index (κ1) is 11.4. The summed E-state index contributed by atoms with van der Waals surface area (Å²) in [4.78, 5) is 9.38. The second-order valence-corrected chi connectivity index (χ2v) is 6.15. The van der Waals surface area contributed by atoms with Gasteiger partial charge in [0.2, 0.25) is 0 Å². The summed E-state index contributed by atoms with van der Waals surface area (Å²) in [5.74, 6) is 0. The number of halogens is 2. The summed E-state index contributed by atoms with van der Waals surface area (Å²) in [5, 5.41) is 0.525. The molecular weight excluding hydrogens is 367 g/mol. The number of fused-ring (bicyclic) bond motifs is 1. The molecule has 0 saturated carbocycles. The summed E-state index contributed by atoms with van der Waals surface area (Å²) >= 11 is 9.96. The maximum absolute atomic E-state index is 6.04. The van der Waals surface area contributed by atoms with E-state index in [-0.39, 0.29) is 0 Å². The minimum atomic E-state index is 0.525. The van der Waals surface area contributed by atoms with Crippen molar-refractivity contribution in [2.75, 3.05) is 0 Å². The molecular formula is C12H6ClIN2S. The Kier molecular flexibility index (Phi) is 3.02. The zero-order valence-corrected chi connectivity index (χ0v) is 12.3. The fourth-order valence-electron chi connectivity index (χ4n) is 1.58. The number of thiophene rings is 1. The van der Waals surface area contributed by atoms with Gasteiger partial charge in [-0.05, 0) is 46.4 Å². The fraction of sp³-hybridized carbons (Fsp3) is 0. The first-order valence-corrected chi connectivity index (χ1v) is 7.17. The average Bonchev–Trinajstić information content (AvgIpc) is 2.75. The van der Waals surface area contributed by atoms with Gasteiger partial charge < -0.3 is 0 Å². The number of hydrogen-bond donors (Lipinski definition) is 0. The van der Waals surface area contributed by atoms with Gasteiger partial charge in [-0.15, -0.1) is 11.3 Å². The Morgan fingerprint density at radius 3 is 2.59 bits per heavy atom. The SMILES string of the molecule is Clc1ncnc2cc(-c3ccc(I)cc3)sc12. The van der Waals surface area contributed by atoms with Crippen molar-refractivity contribution in [2.45, 2.75) is 0 Å². The third-order valence-corrected chi connectivity index (χ3v) is 4.69. The van der Waals surface area contributed by atoms with Gasteiger partial charge in [0.25, 0.3) is 0 Å². The van der Waals surface area contributed by atoms with Gasteiger partial charge in [-0.25, -0.2) is 9.97 Å². The van der Waals surface area contributed by atoms with Crippen LogP contribution in [0.5, 0.6) is 0 Å². The number of hydrogen-bond acceptors (Lipinski definition) is 3. The summed E-state index contributed by atoms with van der Waals surface area (Å²) in [6, 6.07) is 10.4. The van der Waals surface area contributed by atoms with Crippen LogP contribution in [-0.2, 0) is 0 Å². The standard InChI is InChI=1S/C12H6ClIN2S/c13-12-11-9(15-6-16-12)5-10(17-11)7-1-3-8(14)4-2-7/h1-6H. The third-order valence-electron chi connectivity index (χ3n) is 2.40.